The molecule has 0 atom stereocenters. The number of carbonyl (C=O) groups excluding carboxylic acids is 1. The summed E-state index contributed by atoms with van der Waals surface area (Å²) in [5.41, 5.74) is -1.29. The first-order chi connectivity index (χ1) is 8.54. The van der Waals surface area contributed by atoms with Crippen molar-refractivity contribution in [2.75, 3.05) is 6.61 Å². The maximum atomic E-state index is 11.8. The highest BCUT2D eigenvalue weighted by molar-refractivity contribution is 5.95. The second-order valence-electron chi connectivity index (χ2n) is 3.64. The van der Waals surface area contributed by atoms with Gasteiger partial charge in [0, 0.05) is 13.5 Å². The average molecular weight is 250 g/mol. The fourth-order valence-electron chi connectivity index (χ4n) is 1.43. The molecule has 94 valence electrons. The average Bonchev–Trinajstić information content (AvgIpc) is 2.36. The summed E-state index contributed by atoms with van der Waals surface area (Å²) in [6, 6.07) is 0. The summed E-state index contributed by atoms with van der Waals surface area (Å²) in [6.45, 7) is -0.303. The Hall–Kier alpha value is -2.35. The smallest absolute Gasteiger partial charge is 0.329 e. The molecule has 0 saturated carbocycles. The Morgan fingerprint density at radius 2 is 2.22 bits per heavy atom. The third-order valence-corrected chi connectivity index (χ3v) is 2.43. The van der Waals surface area contributed by atoms with Gasteiger partial charge >= 0.3 is 5.69 Å². The molecule has 0 bridgehead atoms. The number of carbonyl (C=O) groups is 1. The van der Waals surface area contributed by atoms with Crippen LogP contribution in [0.4, 0.5) is 0 Å². The monoisotopic (exact) mass is 250 g/mol. The van der Waals surface area contributed by atoms with E-state index in [1.165, 1.54) is 7.05 Å². The SMILES string of the molecule is Cn1c(=O)[nH]c2ncc(C(=O)CCO)nc2c1=O. The summed E-state index contributed by atoms with van der Waals surface area (Å²) in [6.07, 6.45) is 1.07. The number of aromatic amines is 1. The van der Waals surface area contributed by atoms with Crippen LogP contribution in [0.3, 0.4) is 0 Å². The van der Waals surface area contributed by atoms with Gasteiger partial charge in [0.2, 0.25) is 0 Å². The quantitative estimate of drug-likeness (QED) is 0.645. The first-order valence-electron chi connectivity index (χ1n) is 5.14. The highest BCUT2D eigenvalue weighted by atomic mass is 16.3. The molecule has 0 saturated heterocycles. The minimum absolute atomic E-state index is 0.0132. The summed E-state index contributed by atoms with van der Waals surface area (Å²) in [5, 5.41) is 8.66. The molecule has 0 aromatic carbocycles. The zero-order valence-electron chi connectivity index (χ0n) is 9.51. The normalized spacial score (nSPS) is 10.8. The number of aliphatic hydroxyl groups is 1. The molecule has 0 aliphatic rings. The van der Waals surface area contributed by atoms with Crippen LogP contribution in [0, 0.1) is 0 Å². The van der Waals surface area contributed by atoms with Gasteiger partial charge in [-0.25, -0.2) is 14.8 Å². The van der Waals surface area contributed by atoms with Gasteiger partial charge in [-0.3, -0.25) is 19.1 Å². The molecule has 0 aliphatic heterocycles. The lowest BCUT2D eigenvalue weighted by Gasteiger charge is -2.01. The predicted octanol–water partition coefficient (Wildman–Crippen LogP) is -1.42. The van der Waals surface area contributed by atoms with Crippen molar-refractivity contribution in [3.63, 3.8) is 0 Å². The molecule has 2 rings (SSSR count). The van der Waals surface area contributed by atoms with Crippen molar-refractivity contribution in [3.05, 3.63) is 32.7 Å². The molecule has 2 heterocycles. The molecule has 8 heteroatoms. The Morgan fingerprint density at radius 1 is 1.50 bits per heavy atom. The standard InChI is InChI=1S/C10H10N4O4/c1-14-9(17)7-8(13-10(14)18)11-4-5(12-7)6(16)2-3-15/h4,15H,2-3H2,1H3,(H,11,13,18). The van der Waals surface area contributed by atoms with Gasteiger partial charge in [-0.05, 0) is 0 Å². The molecule has 0 amide bonds. The summed E-state index contributed by atoms with van der Waals surface area (Å²) in [4.78, 5) is 44.6. The highest BCUT2D eigenvalue weighted by Gasteiger charge is 2.12. The number of Topliss-reactive ketones (excluding diaryl/α,β-unsaturated/α-hetero) is 1. The summed E-state index contributed by atoms with van der Waals surface area (Å²) in [7, 11) is 1.30. The number of hydrogen-bond acceptors (Lipinski definition) is 6. The van der Waals surface area contributed by atoms with E-state index in [-0.39, 0.29) is 29.9 Å². The van der Waals surface area contributed by atoms with Crippen LogP contribution < -0.4 is 11.2 Å². The van der Waals surface area contributed by atoms with E-state index in [2.05, 4.69) is 15.0 Å². The van der Waals surface area contributed by atoms with E-state index < -0.39 is 17.0 Å². The number of nitrogens with zero attached hydrogens (tertiary/aromatic N) is 3. The molecule has 8 nitrogen and oxygen atoms in total. The van der Waals surface area contributed by atoms with Gasteiger partial charge in [0.05, 0.1) is 12.8 Å². The van der Waals surface area contributed by atoms with Gasteiger partial charge in [0.1, 0.15) is 5.69 Å². The minimum atomic E-state index is -0.625. The molecule has 2 aromatic rings. The lowest BCUT2D eigenvalue weighted by atomic mass is 10.2. The van der Waals surface area contributed by atoms with E-state index in [0.717, 1.165) is 10.8 Å². The lowest BCUT2D eigenvalue weighted by molar-refractivity contribution is 0.0952. The van der Waals surface area contributed by atoms with Crippen LogP contribution in [0.1, 0.15) is 16.9 Å². The van der Waals surface area contributed by atoms with Crippen LogP contribution in [-0.4, -0.2) is 37.0 Å². The third-order valence-electron chi connectivity index (χ3n) is 2.43. The molecular weight excluding hydrogens is 240 g/mol. The van der Waals surface area contributed by atoms with Crippen LogP contribution >= 0.6 is 0 Å². The predicted molar refractivity (Wildman–Crippen MR) is 61.4 cm³/mol. The molecule has 0 unspecified atom stereocenters. The number of ketones is 1. The fraction of sp³-hybridized carbons (Fsp3) is 0.300. The Labute approximate surface area is 99.9 Å². The number of aromatic nitrogens is 4. The molecule has 0 radical (unpaired) electrons. The second kappa shape index (κ2) is 4.49. The van der Waals surface area contributed by atoms with Gasteiger partial charge in [-0.15, -0.1) is 0 Å². The molecule has 2 aromatic heterocycles. The number of fused-ring (bicyclic) bond motifs is 1. The van der Waals surface area contributed by atoms with Crippen LogP contribution in [-0.2, 0) is 7.05 Å². The van der Waals surface area contributed by atoms with Crippen LogP contribution in [0.2, 0.25) is 0 Å². The maximum Gasteiger partial charge on any atom is 0.329 e. The van der Waals surface area contributed by atoms with Crippen molar-refractivity contribution < 1.29 is 9.90 Å². The molecule has 0 aliphatic carbocycles. The number of rotatable bonds is 3. The van der Waals surface area contributed by atoms with Gasteiger partial charge in [0.15, 0.2) is 16.9 Å². The summed E-state index contributed by atoms with van der Waals surface area (Å²) >= 11 is 0. The zero-order chi connectivity index (χ0) is 13.3. The molecule has 0 fully saturated rings. The highest BCUT2D eigenvalue weighted by Crippen LogP contribution is 2.02. The van der Waals surface area contributed by atoms with E-state index in [0.29, 0.717) is 0 Å². The van der Waals surface area contributed by atoms with Crippen molar-refractivity contribution in [2.45, 2.75) is 6.42 Å². The van der Waals surface area contributed by atoms with Gasteiger partial charge in [-0.1, -0.05) is 0 Å². The molecule has 2 N–H and O–H groups in total. The fourth-order valence-corrected chi connectivity index (χ4v) is 1.43. The maximum absolute atomic E-state index is 11.8. The Morgan fingerprint density at radius 3 is 2.89 bits per heavy atom. The molecular formula is C10H10N4O4. The molecule has 18 heavy (non-hydrogen) atoms. The van der Waals surface area contributed by atoms with Crippen molar-refractivity contribution in [1.29, 1.82) is 0 Å². The van der Waals surface area contributed by atoms with Gasteiger partial charge in [-0.2, -0.15) is 0 Å². The topological polar surface area (TPSA) is 118 Å². The molecule has 0 spiro atoms. The Bertz CT molecular complexity index is 731. The van der Waals surface area contributed by atoms with E-state index in [4.69, 9.17) is 5.11 Å². The lowest BCUT2D eigenvalue weighted by Crippen LogP contribution is -2.33. The van der Waals surface area contributed by atoms with E-state index in [9.17, 15) is 14.4 Å². The number of hydrogen-bond donors (Lipinski definition) is 2. The third kappa shape index (κ3) is 1.93. The van der Waals surface area contributed by atoms with Crippen LogP contribution in [0.15, 0.2) is 15.8 Å². The number of nitrogens with one attached hydrogen (secondary N) is 1. The minimum Gasteiger partial charge on any atom is -0.396 e. The zero-order valence-corrected chi connectivity index (χ0v) is 9.51. The first kappa shape index (κ1) is 12.1. The van der Waals surface area contributed by atoms with Crippen LogP contribution in [0.5, 0.6) is 0 Å². The van der Waals surface area contributed by atoms with Crippen molar-refractivity contribution in [2.24, 2.45) is 7.05 Å². The van der Waals surface area contributed by atoms with E-state index in [1.54, 1.807) is 0 Å². The summed E-state index contributed by atoms with van der Waals surface area (Å²) < 4.78 is 0.845. The Balaban J connectivity index is 2.69. The van der Waals surface area contributed by atoms with Crippen LogP contribution in [0.25, 0.3) is 11.2 Å². The van der Waals surface area contributed by atoms with Gasteiger partial charge < -0.3 is 5.11 Å². The summed E-state index contributed by atoms with van der Waals surface area (Å²) in [5.74, 6) is -0.417. The number of H-pyrrole nitrogens is 1. The van der Waals surface area contributed by atoms with Gasteiger partial charge in [0.25, 0.3) is 5.56 Å². The van der Waals surface area contributed by atoms with E-state index in [1.807, 2.05) is 0 Å². The number of aliphatic hydroxyl groups excluding tert-OH is 1. The second-order valence-corrected chi connectivity index (χ2v) is 3.64. The Kier molecular flexibility index (Phi) is 3.02. The van der Waals surface area contributed by atoms with Crippen molar-refractivity contribution >= 4 is 16.9 Å². The van der Waals surface area contributed by atoms with Crippen molar-refractivity contribution in [3.8, 4) is 0 Å². The van der Waals surface area contributed by atoms with E-state index >= 15 is 0 Å². The first-order valence-corrected chi connectivity index (χ1v) is 5.14. The largest absolute Gasteiger partial charge is 0.396 e. The van der Waals surface area contributed by atoms with Crippen molar-refractivity contribution in [1.82, 2.24) is 19.5 Å².